The third-order valence-electron chi connectivity index (χ3n) is 3.64. The molecule has 0 aliphatic heterocycles. The second-order valence-electron chi connectivity index (χ2n) is 4.48. The van der Waals surface area contributed by atoms with Gasteiger partial charge in [-0.1, -0.05) is 31.2 Å². The van der Waals surface area contributed by atoms with Crippen molar-refractivity contribution in [2.45, 2.75) is 38.5 Å². The van der Waals surface area contributed by atoms with Crippen LogP contribution in [0.25, 0.3) is 6.08 Å². The second-order valence-corrected chi connectivity index (χ2v) is 4.48. The first-order valence-corrected chi connectivity index (χ1v) is 5.72. The molecule has 0 aromatic heterocycles. The van der Waals surface area contributed by atoms with Crippen molar-refractivity contribution < 1.29 is 25.8 Å². The van der Waals surface area contributed by atoms with E-state index in [9.17, 15) is 0 Å². The molecule has 0 bridgehead atoms. The van der Waals surface area contributed by atoms with Crippen molar-refractivity contribution in [1.82, 2.24) is 0 Å². The molecule has 0 fully saturated rings. The summed E-state index contributed by atoms with van der Waals surface area (Å²) in [6.07, 6.45) is 9.87. The number of hydrogen-bond donors (Lipinski definition) is 0. The number of allylic oxidation sites excluding steroid dienone is 1. The zero-order valence-electron chi connectivity index (χ0n) is 9.22. The van der Waals surface area contributed by atoms with Crippen LogP contribution >= 0.6 is 0 Å². The van der Waals surface area contributed by atoms with E-state index in [1.165, 1.54) is 31.2 Å². The zero-order chi connectivity index (χ0) is 9.54. The van der Waals surface area contributed by atoms with Crippen LogP contribution in [-0.2, 0) is 38.7 Å². The van der Waals surface area contributed by atoms with Gasteiger partial charge in [0.1, 0.15) is 0 Å². The van der Waals surface area contributed by atoms with Crippen LogP contribution < -0.4 is 0 Å². The average Bonchev–Trinajstić information content (AvgIpc) is 2.78. The summed E-state index contributed by atoms with van der Waals surface area (Å²) in [5.74, 6) is 0.691. The molecule has 15 heavy (non-hydrogen) atoms. The molecule has 0 radical (unpaired) electrons. The van der Waals surface area contributed by atoms with Gasteiger partial charge in [0.2, 0.25) is 0 Å². The van der Waals surface area contributed by atoms with Gasteiger partial charge in [-0.15, -0.1) is 0 Å². The molecular weight excluding hydrogens is 347 g/mol. The van der Waals surface area contributed by atoms with Crippen LogP contribution in [0.15, 0.2) is 18.2 Å². The van der Waals surface area contributed by atoms with Crippen molar-refractivity contribution in [2.75, 3.05) is 0 Å². The maximum absolute atomic E-state index is 2.46. The summed E-state index contributed by atoms with van der Waals surface area (Å²) >= 11 is 0. The quantitative estimate of drug-likeness (QED) is 0.668. The minimum Gasteiger partial charge on any atom is -0.0764 e. The van der Waals surface area contributed by atoms with E-state index in [0.717, 1.165) is 0 Å². The standard InChI is InChI=1S/C14H16.Hf/c1-2-10-6-7-13-8-11-4-3-5-12(11)9-14(10)13;/h6-10H,2-5H2,1H3;. The van der Waals surface area contributed by atoms with Gasteiger partial charge in [-0.2, -0.15) is 0 Å². The summed E-state index contributed by atoms with van der Waals surface area (Å²) in [5, 5.41) is 0. The van der Waals surface area contributed by atoms with Crippen LogP contribution in [0.5, 0.6) is 0 Å². The first-order valence-electron chi connectivity index (χ1n) is 5.72. The van der Waals surface area contributed by atoms with E-state index in [2.05, 4.69) is 31.2 Å². The van der Waals surface area contributed by atoms with Crippen LogP contribution in [0.2, 0.25) is 0 Å². The van der Waals surface area contributed by atoms with E-state index >= 15 is 0 Å². The minimum atomic E-state index is 0. The number of hydrogen-bond acceptors (Lipinski definition) is 0. The Bertz CT molecular complexity index is 404. The number of aryl methyl sites for hydroxylation is 2. The Morgan fingerprint density at radius 1 is 1.20 bits per heavy atom. The van der Waals surface area contributed by atoms with E-state index < -0.39 is 0 Å². The normalized spacial score (nSPS) is 21.0. The van der Waals surface area contributed by atoms with Gasteiger partial charge in [0.05, 0.1) is 0 Å². The molecule has 0 spiro atoms. The zero-order valence-corrected chi connectivity index (χ0v) is 12.8. The van der Waals surface area contributed by atoms with E-state index in [-0.39, 0.29) is 25.8 Å². The van der Waals surface area contributed by atoms with Crippen molar-refractivity contribution in [3.63, 3.8) is 0 Å². The molecule has 2 aliphatic carbocycles. The molecule has 1 aromatic rings. The van der Waals surface area contributed by atoms with Gasteiger partial charge in [0.15, 0.2) is 0 Å². The summed E-state index contributed by atoms with van der Waals surface area (Å²) in [7, 11) is 0. The molecule has 0 amide bonds. The average molecular weight is 363 g/mol. The topological polar surface area (TPSA) is 0 Å². The first kappa shape index (κ1) is 11.3. The van der Waals surface area contributed by atoms with Crippen molar-refractivity contribution in [3.8, 4) is 0 Å². The van der Waals surface area contributed by atoms with Gasteiger partial charge in [0, 0.05) is 31.8 Å². The van der Waals surface area contributed by atoms with E-state index in [4.69, 9.17) is 0 Å². The summed E-state index contributed by atoms with van der Waals surface area (Å²) in [6.45, 7) is 2.28. The van der Waals surface area contributed by atoms with E-state index in [1.54, 1.807) is 16.7 Å². The van der Waals surface area contributed by atoms with E-state index in [1.807, 2.05) is 0 Å². The van der Waals surface area contributed by atoms with Crippen LogP contribution in [-0.4, -0.2) is 0 Å². The third-order valence-corrected chi connectivity index (χ3v) is 3.64. The molecule has 3 rings (SSSR count). The molecule has 0 saturated carbocycles. The molecule has 76 valence electrons. The monoisotopic (exact) mass is 364 g/mol. The van der Waals surface area contributed by atoms with Gasteiger partial charge >= 0.3 is 0 Å². The third kappa shape index (κ3) is 1.80. The van der Waals surface area contributed by atoms with Crippen molar-refractivity contribution in [2.24, 2.45) is 0 Å². The molecule has 0 heterocycles. The Kier molecular flexibility index (Phi) is 3.30. The molecule has 1 atom stereocenters. The minimum absolute atomic E-state index is 0. The predicted octanol–water partition coefficient (Wildman–Crippen LogP) is 3.69. The van der Waals surface area contributed by atoms with Crippen LogP contribution in [0, 0.1) is 0 Å². The van der Waals surface area contributed by atoms with Crippen molar-refractivity contribution in [3.05, 3.63) is 40.5 Å². The van der Waals surface area contributed by atoms with Gasteiger partial charge in [0.25, 0.3) is 0 Å². The maximum Gasteiger partial charge on any atom is 0.00247 e. The van der Waals surface area contributed by atoms with Crippen LogP contribution in [0.3, 0.4) is 0 Å². The molecule has 1 heteroatoms. The summed E-state index contributed by atoms with van der Waals surface area (Å²) in [6, 6.07) is 4.88. The van der Waals surface area contributed by atoms with Gasteiger partial charge in [-0.25, -0.2) is 0 Å². The smallest absolute Gasteiger partial charge is 0.00247 e. The number of benzene rings is 1. The Hall–Kier alpha value is -0.170. The molecule has 2 aliphatic rings. The predicted molar refractivity (Wildman–Crippen MR) is 60.5 cm³/mol. The fourth-order valence-electron chi connectivity index (χ4n) is 2.81. The molecular formula is C14H16Hf. The Morgan fingerprint density at radius 2 is 1.93 bits per heavy atom. The Labute approximate surface area is 111 Å². The molecule has 1 aromatic carbocycles. The SMILES string of the molecule is CCC1C=Cc2cc3c(cc21)CCC3.[Hf]. The van der Waals surface area contributed by atoms with E-state index in [0.29, 0.717) is 5.92 Å². The van der Waals surface area contributed by atoms with Gasteiger partial charge < -0.3 is 0 Å². The Morgan fingerprint density at radius 3 is 2.67 bits per heavy atom. The number of fused-ring (bicyclic) bond motifs is 2. The van der Waals surface area contributed by atoms with Gasteiger partial charge in [-0.05, 0) is 47.9 Å². The molecule has 1 unspecified atom stereocenters. The fourth-order valence-corrected chi connectivity index (χ4v) is 2.81. The molecule has 0 N–H and O–H groups in total. The molecule has 0 saturated heterocycles. The van der Waals surface area contributed by atoms with Crippen LogP contribution in [0.1, 0.15) is 47.9 Å². The summed E-state index contributed by atoms with van der Waals surface area (Å²) in [4.78, 5) is 0. The van der Waals surface area contributed by atoms with Gasteiger partial charge in [-0.3, -0.25) is 0 Å². The van der Waals surface area contributed by atoms with Crippen molar-refractivity contribution >= 4 is 6.08 Å². The second kappa shape index (κ2) is 4.37. The maximum atomic E-state index is 2.46. The van der Waals surface area contributed by atoms with Crippen LogP contribution in [0.4, 0.5) is 0 Å². The Balaban J connectivity index is 0.000000853. The largest absolute Gasteiger partial charge is 0.0764 e. The summed E-state index contributed by atoms with van der Waals surface area (Å²) in [5.41, 5.74) is 6.28. The number of rotatable bonds is 1. The summed E-state index contributed by atoms with van der Waals surface area (Å²) < 4.78 is 0. The first-order chi connectivity index (χ1) is 6.88. The molecule has 0 nitrogen and oxygen atoms in total. The fraction of sp³-hybridized carbons (Fsp3) is 0.429. The van der Waals surface area contributed by atoms with Crippen molar-refractivity contribution in [1.29, 1.82) is 0 Å².